The maximum absolute atomic E-state index is 11.0. The maximum Gasteiger partial charge on any atom is 0.335 e. The number of ether oxygens (including phenoxy) is 2. The number of phenols is 1. The maximum atomic E-state index is 11.0. The monoisotopic (exact) mass is 356 g/mol. The number of benzene rings is 1. The summed E-state index contributed by atoms with van der Waals surface area (Å²) in [7, 11) is 0. The second kappa shape index (κ2) is 7.49. The molecule has 5 unspecified atom stereocenters. The molecule has 0 spiro atoms. The van der Waals surface area contributed by atoms with Crippen LogP contribution in [0, 0.1) is 0 Å². The van der Waals surface area contributed by atoms with Gasteiger partial charge in [-0.1, -0.05) is 6.07 Å². The quantitative estimate of drug-likeness (QED) is 0.350. The van der Waals surface area contributed by atoms with Crippen LogP contribution in [-0.2, 0) is 14.3 Å². The average Bonchev–Trinajstić information content (AvgIpc) is 2.55. The van der Waals surface area contributed by atoms with Crippen LogP contribution in [0.4, 0.5) is 0 Å². The lowest BCUT2D eigenvalue weighted by Crippen LogP contribution is -2.61. The molecule has 1 aromatic carbocycles. The third kappa shape index (κ3) is 4.25. The first-order chi connectivity index (χ1) is 11.7. The van der Waals surface area contributed by atoms with Crippen LogP contribution >= 0.6 is 0 Å². The SMILES string of the molecule is O=C(O)C=Cc1ccc(O)c(OC2OC(C(=O)O)C(O)C(O)C2O)c1. The van der Waals surface area contributed by atoms with Gasteiger partial charge in [-0.2, -0.15) is 0 Å². The van der Waals surface area contributed by atoms with E-state index >= 15 is 0 Å². The van der Waals surface area contributed by atoms with Crippen LogP contribution in [0.5, 0.6) is 11.5 Å². The minimum Gasteiger partial charge on any atom is -0.504 e. The average molecular weight is 356 g/mol. The summed E-state index contributed by atoms with van der Waals surface area (Å²) >= 11 is 0. The minimum atomic E-state index is -1.87. The molecule has 0 radical (unpaired) electrons. The molecule has 2 rings (SSSR count). The molecular weight excluding hydrogens is 340 g/mol. The molecule has 1 aliphatic rings. The number of aliphatic carboxylic acids is 2. The van der Waals surface area contributed by atoms with Crippen LogP contribution in [0.1, 0.15) is 5.56 Å². The number of phenolic OH excluding ortho intramolecular Hbond substituents is 1. The van der Waals surface area contributed by atoms with Crippen LogP contribution < -0.4 is 4.74 Å². The van der Waals surface area contributed by atoms with E-state index < -0.39 is 48.4 Å². The first-order valence-electron chi connectivity index (χ1n) is 7.04. The molecule has 1 aliphatic heterocycles. The highest BCUT2D eigenvalue weighted by Gasteiger charge is 2.48. The smallest absolute Gasteiger partial charge is 0.335 e. The Morgan fingerprint density at radius 3 is 2.36 bits per heavy atom. The van der Waals surface area contributed by atoms with Gasteiger partial charge < -0.3 is 40.1 Å². The lowest BCUT2D eigenvalue weighted by Gasteiger charge is -2.38. The summed E-state index contributed by atoms with van der Waals surface area (Å²) < 4.78 is 10.1. The van der Waals surface area contributed by atoms with E-state index in [1.807, 2.05) is 0 Å². The summed E-state index contributed by atoms with van der Waals surface area (Å²) in [6.07, 6.45) is -6.98. The number of aliphatic hydroxyl groups is 3. The van der Waals surface area contributed by atoms with Crippen LogP contribution in [-0.4, -0.2) is 73.3 Å². The van der Waals surface area contributed by atoms with E-state index in [0.29, 0.717) is 5.56 Å². The van der Waals surface area contributed by atoms with E-state index in [2.05, 4.69) is 0 Å². The Morgan fingerprint density at radius 2 is 1.76 bits per heavy atom. The second-order valence-electron chi connectivity index (χ2n) is 5.25. The topological polar surface area (TPSA) is 174 Å². The summed E-state index contributed by atoms with van der Waals surface area (Å²) in [5.74, 6) is -3.41. The molecule has 0 saturated carbocycles. The number of rotatable bonds is 5. The Bertz CT molecular complexity index is 685. The number of carboxylic acids is 2. The first kappa shape index (κ1) is 18.7. The van der Waals surface area contributed by atoms with Gasteiger partial charge in [0.15, 0.2) is 17.6 Å². The van der Waals surface area contributed by atoms with Gasteiger partial charge in [-0.25, -0.2) is 9.59 Å². The molecule has 0 aliphatic carbocycles. The molecule has 136 valence electrons. The van der Waals surface area contributed by atoms with Crippen LogP contribution in [0.15, 0.2) is 24.3 Å². The number of carbonyl (C=O) groups is 2. The van der Waals surface area contributed by atoms with Crippen molar-refractivity contribution in [2.45, 2.75) is 30.7 Å². The summed E-state index contributed by atoms with van der Waals surface area (Å²) in [4.78, 5) is 21.6. The molecule has 6 N–H and O–H groups in total. The molecule has 0 bridgehead atoms. The van der Waals surface area contributed by atoms with E-state index in [0.717, 1.165) is 6.08 Å². The zero-order chi connectivity index (χ0) is 18.7. The van der Waals surface area contributed by atoms with Gasteiger partial charge in [-0.3, -0.25) is 0 Å². The third-order valence-electron chi connectivity index (χ3n) is 3.46. The molecule has 10 nitrogen and oxygen atoms in total. The van der Waals surface area contributed by atoms with Gasteiger partial charge in [0, 0.05) is 6.08 Å². The van der Waals surface area contributed by atoms with Crippen molar-refractivity contribution >= 4 is 18.0 Å². The fraction of sp³-hybridized carbons (Fsp3) is 0.333. The standard InChI is InChI=1S/C15H16O10/c16-7-3-1-6(2-4-9(17)18)5-8(7)24-15-12(21)10(19)11(20)13(25-15)14(22)23/h1-5,10-13,15-16,19-21H,(H,17,18)(H,22,23). The van der Waals surface area contributed by atoms with Crippen molar-refractivity contribution < 1.29 is 49.7 Å². The Hall–Kier alpha value is -2.66. The van der Waals surface area contributed by atoms with Crippen molar-refractivity contribution in [3.8, 4) is 11.5 Å². The zero-order valence-electron chi connectivity index (χ0n) is 12.6. The molecule has 25 heavy (non-hydrogen) atoms. The van der Waals surface area contributed by atoms with E-state index in [1.165, 1.54) is 24.3 Å². The minimum absolute atomic E-state index is 0.246. The summed E-state index contributed by atoms with van der Waals surface area (Å²) in [6, 6.07) is 3.79. The van der Waals surface area contributed by atoms with Gasteiger partial charge in [0.25, 0.3) is 0 Å². The van der Waals surface area contributed by atoms with Crippen molar-refractivity contribution in [3.05, 3.63) is 29.8 Å². The fourth-order valence-corrected chi connectivity index (χ4v) is 2.17. The fourth-order valence-electron chi connectivity index (χ4n) is 2.17. The van der Waals surface area contributed by atoms with Crippen molar-refractivity contribution in [1.82, 2.24) is 0 Å². The van der Waals surface area contributed by atoms with Crippen molar-refractivity contribution in [2.75, 3.05) is 0 Å². The summed E-state index contributed by atoms with van der Waals surface area (Å²) in [5.41, 5.74) is 0.330. The third-order valence-corrected chi connectivity index (χ3v) is 3.46. The highest BCUT2D eigenvalue weighted by Crippen LogP contribution is 2.31. The van der Waals surface area contributed by atoms with Crippen LogP contribution in [0.2, 0.25) is 0 Å². The number of carboxylic acid groups (broad SMARTS) is 2. The molecule has 0 aromatic heterocycles. The highest BCUT2D eigenvalue weighted by atomic mass is 16.7. The van der Waals surface area contributed by atoms with Gasteiger partial charge in [0.1, 0.15) is 18.3 Å². The number of hydrogen-bond donors (Lipinski definition) is 6. The molecule has 5 atom stereocenters. The van der Waals surface area contributed by atoms with Gasteiger partial charge in [0.05, 0.1) is 0 Å². The lowest BCUT2D eigenvalue weighted by molar-refractivity contribution is -0.271. The number of hydrogen-bond acceptors (Lipinski definition) is 8. The summed E-state index contributed by atoms with van der Waals surface area (Å²) in [6.45, 7) is 0. The predicted octanol–water partition coefficient (Wildman–Crippen LogP) is -1.24. The van der Waals surface area contributed by atoms with Crippen molar-refractivity contribution in [1.29, 1.82) is 0 Å². The number of aliphatic hydroxyl groups excluding tert-OH is 3. The van der Waals surface area contributed by atoms with Gasteiger partial charge in [-0.15, -0.1) is 0 Å². The predicted molar refractivity (Wildman–Crippen MR) is 79.7 cm³/mol. The Morgan fingerprint density at radius 1 is 1.08 bits per heavy atom. The van der Waals surface area contributed by atoms with Gasteiger partial charge in [0.2, 0.25) is 6.29 Å². The molecule has 1 fully saturated rings. The summed E-state index contributed by atoms with van der Waals surface area (Å²) in [5, 5.41) is 56.6. The Balaban J connectivity index is 2.23. The first-order valence-corrected chi connectivity index (χ1v) is 7.04. The van der Waals surface area contributed by atoms with Crippen LogP contribution in [0.3, 0.4) is 0 Å². The van der Waals surface area contributed by atoms with Crippen LogP contribution in [0.25, 0.3) is 6.08 Å². The Kier molecular flexibility index (Phi) is 5.59. The van der Waals surface area contributed by atoms with Gasteiger partial charge in [-0.05, 0) is 23.8 Å². The van der Waals surface area contributed by atoms with E-state index in [1.54, 1.807) is 0 Å². The molecule has 1 aromatic rings. The van der Waals surface area contributed by atoms with Crippen molar-refractivity contribution in [2.24, 2.45) is 0 Å². The lowest BCUT2D eigenvalue weighted by atomic mass is 9.99. The van der Waals surface area contributed by atoms with E-state index in [4.69, 9.17) is 19.7 Å². The molecule has 1 saturated heterocycles. The number of aromatic hydroxyl groups is 1. The normalized spacial score (nSPS) is 29.5. The Labute approximate surface area is 140 Å². The second-order valence-corrected chi connectivity index (χ2v) is 5.25. The zero-order valence-corrected chi connectivity index (χ0v) is 12.6. The molecule has 0 amide bonds. The molecular formula is C15H16O10. The highest BCUT2D eigenvalue weighted by molar-refractivity contribution is 5.85. The molecule has 10 heteroatoms. The van der Waals surface area contributed by atoms with Gasteiger partial charge >= 0.3 is 11.9 Å². The molecule has 1 heterocycles. The van der Waals surface area contributed by atoms with Crippen molar-refractivity contribution in [3.63, 3.8) is 0 Å². The van der Waals surface area contributed by atoms with E-state index in [-0.39, 0.29) is 5.75 Å². The van der Waals surface area contributed by atoms with E-state index in [9.17, 15) is 30.0 Å². The largest absolute Gasteiger partial charge is 0.504 e.